The molecule has 1 fully saturated rings. The van der Waals surface area contributed by atoms with E-state index < -0.39 is 0 Å². The highest BCUT2D eigenvalue weighted by Gasteiger charge is 2.26. The van der Waals surface area contributed by atoms with Crippen LogP contribution >= 0.6 is 0 Å². The van der Waals surface area contributed by atoms with Gasteiger partial charge in [-0.2, -0.15) is 9.97 Å². The molecule has 0 saturated heterocycles. The van der Waals surface area contributed by atoms with Crippen molar-refractivity contribution in [2.75, 3.05) is 5.43 Å². The van der Waals surface area contributed by atoms with Crippen LogP contribution in [0.25, 0.3) is 0 Å². The van der Waals surface area contributed by atoms with Gasteiger partial charge in [-0.1, -0.05) is 13.8 Å². The summed E-state index contributed by atoms with van der Waals surface area (Å²) in [5.74, 6) is 7.00. The second kappa shape index (κ2) is 6.89. The molecule has 0 aromatic carbocycles. The van der Waals surface area contributed by atoms with Crippen molar-refractivity contribution in [3.05, 3.63) is 0 Å². The minimum absolute atomic E-state index is 0.0265. The lowest BCUT2D eigenvalue weighted by Crippen LogP contribution is -2.29. The molecule has 21 heavy (non-hydrogen) atoms. The molecule has 1 aromatic rings. The lowest BCUT2D eigenvalue weighted by atomic mass is 9.80. The van der Waals surface area contributed by atoms with Crippen LogP contribution in [0.3, 0.4) is 0 Å². The van der Waals surface area contributed by atoms with Gasteiger partial charge in [0.25, 0.3) is 0 Å². The van der Waals surface area contributed by atoms with Gasteiger partial charge in [0, 0.05) is 0 Å². The molecule has 7 heteroatoms. The highest BCUT2D eigenvalue weighted by atomic mass is 16.5. The molecule has 0 radical (unpaired) electrons. The van der Waals surface area contributed by atoms with Gasteiger partial charge in [-0.15, -0.1) is 4.98 Å². The Balaban J connectivity index is 2.08. The topological polar surface area (TPSA) is 95.2 Å². The summed E-state index contributed by atoms with van der Waals surface area (Å²) in [6.45, 7) is 8.36. The fourth-order valence-electron chi connectivity index (χ4n) is 2.47. The molecule has 1 heterocycles. The van der Waals surface area contributed by atoms with Crippen molar-refractivity contribution in [2.24, 2.45) is 17.7 Å². The molecule has 0 spiro atoms. The maximum atomic E-state index is 5.90. The predicted molar refractivity (Wildman–Crippen MR) is 80.0 cm³/mol. The third-order valence-corrected chi connectivity index (χ3v) is 3.89. The van der Waals surface area contributed by atoms with E-state index in [9.17, 15) is 0 Å². The van der Waals surface area contributed by atoms with Crippen molar-refractivity contribution >= 4 is 5.95 Å². The zero-order chi connectivity index (χ0) is 15.4. The monoisotopic (exact) mass is 295 g/mol. The first-order valence-corrected chi connectivity index (χ1v) is 7.54. The minimum atomic E-state index is -0.0265. The Bertz CT molecular complexity index is 469. The number of hydrogen-bond donors (Lipinski definition) is 2. The van der Waals surface area contributed by atoms with Gasteiger partial charge in [-0.25, -0.2) is 5.84 Å². The van der Waals surface area contributed by atoms with Gasteiger partial charge in [0.1, 0.15) is 6.10 Å². The second-order valence-corrected chi connectivity index (χ2v) is 6.04. The maximum absolute atomic E-state index is 5.90. The highest BCUT2D eigenvalue weighted by Crippen LogP contribution is 2.31. The first-order valence-electron chi connectivity index (χ1n) is 7.54. The normalized spacial score (nSPS) is 25.7. The van der Waals surface area contributed by atoms with Crippen LogP contribution in [-0.4, -0.2) is 27.2 Å². The van der Waals surface area contributed by atoms with E-state index in [0.717, 1.165) is 25.2 Å². The standard InChI is InChI=1S/C14H25N5O2/c1-8(2)20-13-16-12(19-15)17-14(18-13)21-11-6-5-9(3)10(4)7-11/h8-11H,5-7,15H2,1-4H3,(H,16,17,18,19). The zero-order valence-corrected chi connectivity index (χ0v) is 13.2. The molecule has 1 aliphatic carbocycles. The molecule has 2 rings (SSSR count). The smallest absolute Gasteiger partial charge is 0.324 e. The molecular formula is C14H25N5O2. The van der Waals surface area contributed by atoms with Crippen molar-refractivity contribution in [1.82, 2.24) is 15.0 Å². The van der Waals surface area contributed by atoms with Crippen molar-refractivity contribution < 1.29 is 9.47 Å². The fourth-order valence-corrected chi connectivity index (χ4v) is 2.47. The molecule has 7 nitrogen and oxygen atoms in total. The number of aromatic nitrogens is 3. The van der Waals surface area contributed by atoms with Crippen LogP contribution in [0.5, 0.6) is 12.0 Å². The van der Waals surface area contributed by atoms with E-state index in [1.165, 1.54) is 0 Å². The highest BCUT2D eigenvalue weighted by molar-refractivity contribution is 5.25. The van der Waals surface area contributed by atoms with Crippen LogP contribution in [0, 0.1) is 11.8 Å². The van der Waals surface area contributed by atoms with Crippen LogP contribution in [0.4, 0.5) is 5.95 Å². The van der Waals surface area contributed by atoms with E-state index in [4.69, 9.17) is 15.3 Å². The molecule has 1 aromatic heterocycles. The maximum Gasteiger partial charge on any atom is 0.324 e. The zero-order valence-electron chi connectivity index (χ0n) is 13.2. The van der Waals surface area contributed by atoms with Crippen LogP contribution in [-0.2, 0) is 0 Å². The Morgan fingerprint density at radius 1 is 1.10 bits per heavy atom. The third kappa shape index (κ3) is 4.42. The summed E-state index contributed by atoms with van der Waals surface area (Å²) in [5.41, 5.74) is 2.41. The largest absolute Gasteiger partial charge is 0.461 e. The van der Waals surface area contributed by atoms with Crippen LogP contribution in [0.15, 0.2) is 0 Å². The summed E-state index contributed by atoms with van der Waals surface area (Å²) in [6.07, 6.45) is 3.30. The van der Waals surface area contributed by atoms with E-state index >= 15 is 0 Å². The van der Waals surface area contributed by atoms with Gasteiger partial charge in [0.2, 0.25) is 5.95 Å². The van der Waals surface area contributed by atoms with Crippen molar-refractivity contribution in [3.63, 3.8) is 0 Å². The Kier molecular flexibility index (Phi) is 5.17. The van der Waals surface area contributed by atoms with E-state index in [2.05, 4.69) is 34.2 Å². The van der Waals surface area contributed by atoms with Gasteiger partial charge in [0.15, 0.2) is 0 Å². The number of nitrogens with two attached hydrogens (primary N) is 1. The van der Waals surface area contributed by atoms with Gasteiger partial charge in [0.05, 0.1) is 6.10 Å². The first kappa shape index (κ1) is 15.8. The summed E-state index contributed by atoms with van der Waals surface area (Å²) >= 11 is 0. The Morgan fingerprint density at radius 3 is 2.43 bits per heavy atom. The molecule has 0 bridgehead atoms. The number of rotatable bonds is 5. The van der Waals surface area contributed by atoms with E-state index in [1.807, 2.05) is 13.8 Å². The predicted octanol–water partition coefficient (Wildman–Crippen LogP) is 2.15. The fraction of sp³-hybridized carbons (Fsp3) is 0.786. The van der Waals surface area contributed by atoms with Gasteiger partial charge < -0.3 is 9.47 Å². The Morgan fingerprint density at radius 2 is 1.81 bits per heavy atom. The molecule has 0 aliphatic heterocycles. The lowest BCUT2D eigenvalue weighted by molar-refractivity contribution is 0.0900. The SMILES string of the molecule is CC(C)Oc1nc(NN)nc(OC2CCC(C)C(C)C2)n1. The Hall–Kier alpha value is -1.63. The molecule has 1 saturated carbocycles. The van der Waals surface area contributed by atoms with E-state index in [-0.39, 0.29) is 30.2 Å². The lowest BCUT2D eigenvalue weighted by Gasteiger charge is -2.31. The van der Waals surface area contributed by atoms with Crippen molar-refractivity contribution in [1.29, 1.82) is 0 Å². The molecule has 3 atom stereocenters. The average molecular weight is 295 g/mol. The summed E-state index contributed by atoms with van der Waals surface area (Å²) in [7, 11) is 0. The molecule has 3 unspecified atom stereocenters. The molecular weight excluding hydrogens is 270 g/mol. The first-order chi connectivity index (χ1) is 9.97. The summed E-state index contributed by atoms with van der Waals surface area (Å²) < 4.78 is 11.4. The third-order valence-electron chi connectivity index (χ3n) is 3.89. The average Bonchev–Trinajstić information content (AvgIpc) is 2.42. The van der Waals surface area contributed by atoms with E-state index in [1.54, 1.807) is 0 Å². The number of hydrazine groups is 1. The molecule has 0 amide bonds. The second-order valence-electron chi connectivity index (χ2n) is 6.04. The Labute approximate surface area is 125 Å². The molecule has 118 valence electrons. The summed E-state index contributed by atoms with van der Waals surface area (Å²) in [4.78, 5) is 12.4. The number of ether oxygens (including phenoxy) is 2. The number of nitrogen functional groups attached to an aromatic ring is 1. The number of nitrogens with one attached hydrogen (secondary N) is 1. The van der Waals surface area contributed by atoms with Gasteiger partial charge in [-0.3, -0.25) is 5.43 Å². The number of hydrogen-bond acceptors (Lipinski definition) is 7. The van der Waals surface area contributed by atoms with Crippen LogP contribution in [0.2, 0.25) is 0 Å². The quantitative estimate of drug-likeness (QED) is 0.634. The van der Waals surface area contributed by atoms with Crippen molar-refractivity contribution in [2.45, 2.75) is 59.2 Å². The van der Waals surface area contributed by atoms with Crippen molar-refractivity contribution in [3.8, 4) is 12.0 Å². The van der Waals surface area contributed by atoms with Gasteiger partial charge in [-0.05, 0) is 44.9 Å². The minimum Gasteiger partial charge on any atom is -0.461 e. The summed E-state index contributed by atoms with van der Waals surface area (Å²) in [6, 6.07) is 0.487. The molecule has 3 N–H and O–H groups in total. The van der Waals surface area contributed by atoms with Crippen LogP contribution < -0.4 is 20.7 Å². The molecule has 1 aliphatic rings. The van der Waals surface area contributed by atoms with E-state index in [0.29, 0.717) is 5.92 Å². The van der Waals surface area contributed by atoms with Crippen LogP contribution in [0.1, 0.15) is 47.0 Å². The summed E-state index contributed by atoms with van der Waals surface area (Å²) in [5, 5.41) is 0. The van der Waals surface area contributed by atoms with Gasteiger partial charge >= 0.3 is 12.0 Å². The number of anilines is 1. The number of nitrogens with zero attached hydrogens (tertiary/aromatic N) is 3.